The second-order valence-electron chi connectivity index (χ2n) is 1.68. The number of aromatic amines is 1. The number of rotatable bonds is 0. The van der Waals surface area contributed by atoms with Gasteiger partial charge in [0, 0.05) is 6.20 Å². The van der Waals surface area contributed by atoms with Crippen molar-refractivity contribution in [1.29, 1.82) is 0 Å². The number of nitrogens with one attached hydrogen (secondary N) is 1. The van der Waals surface area contributed by atoms with Gasteiger partial charge in [-0.1, -0.05) is 12.2 Å². The van der Waals surface area contributed by atoms with Gasteiger partial charge in [0.1, 0.15) is 4.64 Å². The van der Waals surface area contributed by atoms with Gasteiger partial charge in [0.2, 0.25) is 0 Å². The van der Waals surface area contributed by atoms with Gasteiger partial charge in [-0.25, -0.2) is 0 Å². The Labute approximate surface area is 57.7 Å². The van der Waals surface area contributed by atoms with Crippen LogP contribution in [0.15, 0.2) is 12.3 Å². The molecule has 3 nitrogen and oxygen atoms in total. The van der Waals surface area contributed by atoms with Gasteiger partial charge in [-0.3, -0.25) is 0 Å². The SMILES string of the molecule is Nc1cc[nH]c(=S)c1N. The minimum absolute atomic E-state index is 0.451. The van der Waals surface area contributed by atoms with E-state index in [0.29, 0.717) is 16.0 Å². The van der Waals surface area contributed by atoms with Gasteiger partial charge in [0.15, 0.2) is 0 Å². The molecule has 0 fully saturated rings. The fourth-order valence-electron chi connectivity index (χ4n) is 0.506. The van der Waals surface area contributed by atoms with Crippen LogP contribution in [-0.2, 0) is 0 Å². The fourth-order valence-corrected chi connectivity index (χ4v) is 0.692. The Morgan fingerprint density at radius 1 is 1.44 bits per heavy atom. The molecule has 0 spiro atoms. The van der Waals surface area contributed by atoms with Crippen LogP contribution in [0.25, 0.3) is 0 Å². The second kappa shape index (κ2) is 2.06. The van der Waals surface area contributed by atoms with Crippen molar-refractivity contribution in [3.8, 4) is 0 Å². The third-order valence-electron chi connectivity index (χ3n) is 1.03. The number of pyridine rings is 1. The van der Waals surface area contributed by atoms with Crippen LogP contribution in [-0.4, -0.2) is 4.98 Å². The zero-order valence-electron chi connectivity index (χ0n) is 4.72. The number of H-pyrrole nitrogens is 1. The highest BCUT2D eigenvalue weighted by atomic mass is 32.1. The molecule has 0 atom stereocenters. The molecule has 48 valence electrons. The van der Waals surface area contributed by atoms with Gasteiger partial charge in [0.25, 0.3) is 0 Å². The highest BCUT2D eigenvalue weighted by molar-refractivity contribution is 7.71. The number of hydrogen-bond acceptors (Lipinski definition) is 3. The predicted octanol–water partition coefficient (Wildman–Crippen LogP) is 0.909. The van der Waals surface area contributed by atoms with Gasteiger partial charge in [0.05, 0.1) is 11.4 Å². The van der Waals surface area contributed by atoms with Crippen LogP contribution in [0.5, 0.6) is 0 Å². The van der Waals surface area contributed by atoms with E-state index < -0.39 is 0 Å². The standard InChI is InChI=1S/C5H7N3S/c6-3-1-2-8-5(9)4(3)7/h1-2H,7H2,(H3,6,8,9). The molecule has 0 saturated heterocycles. The first kappa shape index (κ1) is 6.10. The van der Waals surface area contributed by atoms with Gasteiger partial charge in [-0.15, -0.1) is 0 Å². The number of anilines is 2. The molecule has 0 saturated carbocycles. The van der Waals surface area contributed by atoms with Crippen molar-refractivity contribution in [2.75, 3.05) is 11.5 Å². The summed E-state index contributed by atoms with van der Waals surface area (Å²) < 4.78 is 0.495. The van der Waals surface area contributed by atoms with Crippen molar-refractivity contribution in [1.82, 2.24) is 4.98 Å². The number of nitrogen functional groups attached to an aromatic ring is 2. The Morgan fingerprint density at radius 2 is 2.11 bits per heavy atom. The predicted molar refractivity (Wildman–Crippen MR) is 40.5 cm³/mol. The lowest BCUT2D eigenvalue weighted by atomic mass is 10.4. The highest BCUT2D eigenvalue weighted by Gasteiger charge is 1.91. The molecular weight excluding hydrogens is 134 g/mol. The fraction of sp³-hybridized carbons (Fsp3) is 0. The van der Waals surface area contributed by atoms with Crippen LogP contribution < -0.4 is 11.5 Å². The molecule has 0 radical (unpaired) electrons. The van der Waals surface area contributed by atoms with Crippen LogP contribution >= 0.6 is 12.2 Å². The van der Waals surface area contributed by atoms with Crippen LogP contribution in [0.3, 0.4) is 0 Å². The molecular formula is C5H7N3S. The Hall–Kier alpha value is -1.03. The zero-order valence-corrected chi connectivity index (χ0v) is 5.53. The maximum atomic E-state index is 5.42. The summed E-state index contributed by atoms with van der Waals surface area (Å²) in [7, 11) is 0. The second-order valence-corrected chi connectivity index (χ2v) is 2.08. The van der Waals surface area contributed by atoms with Crippen LogP contribution in [0.1, 0.15) is 0 Å². The Balaban J connectivity index is 3.43. The van der Waals surface area contributed by atoms with Crippen LogP contribution in [0.4, 0.5) is 11.4 Å². The molecule has 0 amide bonds. The first-order chi connectivity index (χ1) is 4.22. The highest BCUT2D eigenvalue weighted by Crippen LogP contribution is 2.11. The Kier molecular flexibility index (Phi) is 1.40. The van der Waals surface area contributed by atoms with Gasteiger partial charge in [-0.2, -0.15) is 0 Å². The summed E-state index contributed by atoms with van der Waals surface area (Å²) in [4.78, 5) is 2.75. The smallest absolute Gasteiger partial charge is 0.128 e. The largest absolute Gasteiger partial charge is 0.397 e. The Morgan fingerprint density at radius 3 is 2.56 bits per heavy atom. The van der Waals surface area contributed by atoms with E-state index in [1.165, 1.54) is 0 Å². The molecule has 0 aliphatic carbocycles. The normalized spacial score (nSPS) is 9.33. The van der Waals surface area contributed by atoms with Gasteiger partial charge in [-0.05, 0) is 6.07 Å². The molecule has 0 aliphatic rings. The minimum atomic E-state index is 0.451. The quantitative estimate of drug-likeness (QED) is 0.470. The van der Waals surface area contributed by atoms with Gasteiger partial charge < -0.3 is 16.5 Å². The van der Waals surface area contributed by atoms with Crippen molar-refractivity contribution >= 4 is 23.6 Å². The van der Waals surface area contributed by atoms with E-state index in [-0.39, 0.29) is 0 Å². The molecule has 1 aromatic rings. The van der Waals surface area contributed by atoms with Crippen molar-refractivity contribution in [3.63, 3.8) is 0 Å². The third kappa shape index (κ3) is 1.02. The molecule has 5 N–H and O–H groups in total. The number of nitrogens with two attached hydrogens (primary N) is 2. The van der Waals surface area contributed by atoms with E-state index >= 15 is 0 Å². The molecule has 1 aromatic heterocycles. The monoisotopic (exact) mass is 141 g/mol. The molecule has 9 heavy (non-hydrogen) atoms. The maximum absolute atomic E-state index is 5.42. The average molecular weight is 141 g/mol. The molecule has 0 aliphatic heterocycles. The van der Waals surface area contributed by atoms with E-state index in [0.717, 1.165) is 0 Å². The molecule has 0 unspecified atom stereocenters. The van der Waals surface area contributed by atoms with E-state index in [2.05, 4.69) is 4.98 Å². The molecule has 1 rings (SSSR count). The Bertz CT molecular complexity index is 265. The molecule has 0 aromatic carbocycles. The summed E-state index contributed by atoms with van der Waals surface area (Å²) in [5.41, 5.74) is 11.8. The molecule has 1 heterocycles. The lowest BCUT2D eigenvalue weighted by Gasteiger charge is -1.95. The van der Waals surface area contributed by atoms with Crippen LogP contribution in [0, 0.1) is 4.64 Å². The number of hydrogen-bond donors (Lipinski definition) is 3. The van der Waals surface area contributed by atoms with E-state index in [1.54, 1.807) is 12.3 Å². The summed E-state index contributed by atoms with van der Waals surface area (Å²) >= 11 is 4.78. The lowest BCUT2D eigenvalue weighted by Crippen LogP contribution is -1.95. The van der Waals surface area contributed by atoms with E-state index in [9.17, 15) is 0 Å². The van der Waals surface area contributed by atoms with Crippen molar-refractivity contribution in [3.05, 3.63) is 16.9 Å². The van der Waals surface area contributed by atoms with Crippen molar-refractivity contribution in [2.24, 2.45) is 0 Å². The molecule has 4 heteroatoms. The van der Waals surface area contributed by atoms with Crippen molar-refractivity contribution < 1.29 is 0 Å². The van der Waals surface area contributed by atoms with E-state index in [4.69, 9.17) is 23.7 Å². The number of aromatic nitrogens is 1. The zero-order chi connectivity index (χ0) is 6.85. The summed E-state index contributed by atoms with van der Waals surface area (Å²) in [6.07, 6.45) is 1.66. The summed E-state index contributed by atoms with van der Waals surface area (Å²) in [5.74, 6) is 0. The summed E-state index contributed by atoms with van der Waals surface area (Å²) in [6, 6.07) is 1.67. The maximum Gasteiger partial charge on any atom is 0.128 e. The third-order valence-corrected chi connectivity index (χ3v) is 1.37. The van der Waals surface area contributed by atoms with Crippen molar-refractivity contribution in [2.45, 2.75) is 0 Å². The summed E-state index contributed by atoms with van der Waals surface area (Å²) in [6.45, 7) is 0. The van der Waals surface area contributed by atoms with Gasteiger partial charge >= 0.3 is 0 Å². The summed E-state index contributed by atoms with van der Waals surface area (Å²) in [5, 5.41) is 0. The topological polar surface area (TPSA) is 67.8 Å². The minimum Gasteiger partial charge on any atom is -0.397 e. The first-order valence-electron chi connectivity index (χ1n) is 2.44. The average Bonchev–Trinajstić information content (AvgIpc) is 1.83. The van der Waals surface area contributed by atoms with Crippen LogP contribution in [0.2, 0.25) is 0 Å². The van der Waals surface area contributed by atoms with E-state index in [1.807, 2.05) is 0 Å². The lowest BCUT2D eigenvalue weighted by molar-refractivity contribution is 1.31. The first-order valence-corrected chi connectivity index (χ1v) is 2.85. The molecule has 0 bridgehead atoms.